The molecule has 65 valence electrons. The van der Waals surface area contributed by atoms with E-state index < -0.39 is 0 Å². The Hall–Kier alpha value is -1.37. The van der Waals surface area contributed by atoms with Crippen molar-refractivity contribution in [1.29, 1.82) is 0 Å². The van der Waals surface area contributed by atoms with Crippen molar-refractivity contribution in [3.63, 3.8) is 0 Å². The van der Waals surface area contributed by atoms with Crippen molar-refractivity contribution in [2.24, 2.45) is 0 Å². The highest BCUT2D eigenvalue weighted by molar-refractivity contribution is 5.78. The molecule has 0 amide bonds. The fourth-order valence-electron chi connectivity index (χ4n) is 1.40. The van der Waals surface area contributed by atoms with Crippen molar-refractivity contribution in [3.05, 3.63) is 60.3 Å². The van der Waals surface area contributed by atoms with Gasteiger partial charge in [0.2, 0.25) is 0 Å². The van der Waals surface area contributed by atoms with Crippen LogP contribution in [0.5, 0.6) is 0 Å². The maximum absolute atomic E-state index is 13.3. The van der Waals surface area contributed by atoms with Crippen molar-refractivity contribution in [2.45, 2.75) is 6.42 Å². The van der Waals surface area contributed by atoms with Gasteiger partial charge in [-0.05, 0) is 24.5 Å². The van der Waals surface area contributed by atoms with Crippen molar-refractivity contribution < 1.29 is 4.39 Å². The number of allylic oxidation sites excluding steroid dienone is 4. The highest BCUT2D eigenvalue weighted by Crippen LogP contribution is 2.28. The number of benzene rings is 1. The van der Waals surface area contributed by atoms with Crippen LogP contribution in [0.1, 0.15) is 12.0 Å². The van der Waals surface area contributed by atoms with E-state index in [2.05, 4.69) is 0 Å². The summed E-state index contributed by atoms with van der Waals surface area (Å²) in [5.41, 5.74) is 1.62. The molecule has 0 bridgehead atoms. The first kappa shape index (κ1) is 8.24. The molecular formula is C12H10F. The van der Waals surface area contributed by atoms with Crippen LogP contribution in [-0.4, -0.2) is 0 Å². The van der Waals surface area contributed by atoms with Crippen molar-refractivity contribution >= 4 is 5.57 Å². The monoisotopic (exact) mass is 173 g/mol. The standard InChI is InChI=1S/C12H10F/c13-12-9-5-4-8-11(12)10-6-2-1-3-7-10/h1-4,6-9H,5H2. The van der Waals surface area contributed by atoms with Crippen LogP contribution in [-0.2, 0) is 0 Å². The molecule has 0 aliphatic heterocycles. The maximum Gasteiger partial charge on any atom is 0.126 e. The molecule has 0 spiro atoms. The zero-order valence-electron chi connectivity index (χ0n) is 7.20. The van der Waals surface area contributed by atoms with Crippen LogP contribution in [0.2, 0.25) is 0 Å². The molecule has 1 radical (unpaired) electrons. The normalized spacial score (nSPS) is 16.4. The lowest BCUT2D eigenvalue weighted by Gasteiger charge is -2.09. The average molecular weight is 173 g/mol. The predicted octanol–water partition coefficient (Wildman–Crippen LogP) is 3.53. The van der Waals surface area contributed by atoms with Gasteiger partial charge in [-0.15, -0.1) is 0 Å². The maximum atomic E-state index is 13.3. The average Bonchev–Trinajstić information content (AvgIpc) is 2.20. The summed E-state index contributed by atoms with van der Waals surface area (Å²) >= 11 is 0. The molecule has 0 aromatic heterocycles. The second kappa shape index (κ2) is 3.56. The molecule has 0 atom stereocenters. The molecule has 0 unspecified atom stereocenters. The summed E-state index contributed by atoms with van der Waals surface area (Å²) in [6.45, 7) is 0. The van der Waals surface area contributed by atoms with Gasteiger partial charge in [0.25, 0.3) is 0 Å². The first-order valence-corrected chi connectivity index (χ1v) is 4.33. The Morgan fingerprint density at radius 3 is 2.54 bits per heavy atom. The highest BCUT2D eigenvalue weighted by Gasteiger charge is 2.09. The van der Waals surface area contributed by atoms with Crippen LogP contribution in [0.4, 0.5) is 4.39 Å². The molecule has 0 fully saturated rings. The topological polar surface area (TPSA) is 0 Å². The van der Waals surface area contributed by atoms with E-state index in [0.717, 1.165) is 5.56 Å². The van der Waals surface area contributed by atoms with Gasteiger partial charge in [0.1, 0.15) is 5.83 Å². The Labute approximate surface area is 77.4 Å². The molecule has 0 heterocycles. The van der Waals surface area contributed by atoms with Crippen LogP contribution < -0.4 is 0 Å². The van der Waals surface area contributed by atoms with Gasteiger partial charge in [-0.1, -0.05) is 36.4 Å². The minimum absolute atomic E-state index is 0.117. The van der Waals surface area contributed by atoms with E-state index in [9.17, 15) is 4.39 Å². The lowest BCUT2D eigenvalue weighted by molar-refractivity contribution is 0.666. The minimum atomic E-state index is -0.117. The first-order valence-electron chi connectivity index (χ1n) is 4.33. The molecule has 0 saturated carbocycles. The van der Waals surface area contributed by atoms with E-state index in [0.29, 0.717) is 12.0 Å². The summed E-state index contributed by atoms with van der Waals surface area (Å²) in [5.74, 6) is -0.117. The summed E-state index contributed by atoms with van der Waals surface area (Å²) in [5, 5.41) is 0. The van der Waals surface area contributed by atoms with Gasteiger partial charge in [-0.25, -0.2) is 4.39 Å². The van der Waals surface area contributed by atoms with Gasteiger partial charge in [0.15, 0.2) is 0 Å². The van der Waals surface area contributed by atoms with Gasteiger partial charge in [0.05, 0.1) is 0 Å². The summed E-state index contributed by atoms with van der Waals surface area (Å²) in [6, 6.07) is 9.59. The van der Waals surface area contributed by atoms with Gasteiger partial charge < -0.3 is 0 Å². The first-order chi connectivity index (χ1) is 6.38. The SMILES string of the molecule is FC1=CC[CH]C=C1c1ccccc1. The van der Waals surface area contributed by atoms with Crippen LogP contribution in [0.3, 0.4) is 0 Å². The number of hydrogen-bond donors (Lipinski definition) is 0. The fourth-order valence-corrected chi connectivity index (χ4v) is 1.40. The lowest BCUT2D eigenvalue weighted by atomic mass is 9.99. The Morgan fingerprint density at radius 2 is 1.85 bits per heavy atom. The summed E-state index contributed by atoms with van der Waals surface area (Å²) in [6.07, 6.45) is 6.10. The summed E-state index contributed by atoms with van der Waals surface area (Å²) < 4.78 is 13.3. The molecule has 0 saturated heterocycles. The summed E-state index contributed by atoms with van der Waals surface area (Å²) in [7, 11) is 0. The third-order valence-electron chi connectivity index (χ3n) is 2.06. The van der Waals surface area contributed by atoms with Crippen LogP contribution in [0, 0.1) is 6.42 Å². The van der Waals surface area contributed by atoms with Gasteiger partial charge in [-0.3, -0.25) is 0 Å². The minimum Gasteiger partial charge on any atom is -0.207 e. The zero-order chi connectivity index (χ0) is 9.10. The van der Waals surface area contributed by atoms with E-state index in [1.807, 2.05) is 42.8 Å². The van der Waals surface area contributed by atoms with Gasteiger partial charge in [0, 0.05) is 5.57 Å². The smallest absolute Gasteiger partial charge is 0.126 e. The third-order valence-corrected chi connectivity index (χ3v) is 2.06. The van der Waals surface area contributed by atoms with Crippen LogP contribution in [0.15, 0.2) is 48.3 Å². The van der Waals surface area contributed by atoms with E-state index >= 15 is 0 Å². The number of rotatable bonds is 1. The highest BCUT2D eigenvalue weighted by atomic mass is 19.1. The van der Waals surface area contributed by atoms with Crippen molar-refractivity contribution in [3.8, 4) is 0 Å². The molecule has 1 aliphatic rings. The second-order valence-corrected chi connectivity index (χ2v) is 2.97. The van der Waals surface area contributed by atoms with Crippen LogP contribution in [0.25, 0.3) is 5.57 Å². The van der Waals surface area contributed by atoms with Crippen molar-refractivity contribution in [2.75, 3.05) is 0 Å². The van der Waals surface area contributed by atoms with E-state index in [-0.39, 0.29) is 5.83 Å². The predicted molar refractivity (Wildman–Crippen MR) is 52.5 cm³/mol. The van der Waals surface area contributed by atoms with E-state index in [4.69, 9.17) is 0 Å². The fraction of sp³-hybridized carbons (Fsp3) is 0.0833. The van der Waals surface area contributed by atoms with Crippen molar-refractivity contribution in [1.82, 2.24) is 0 Å². The van der Waals surface area contributed by atoms with Gasteiger partial charge in [-0.2, -0.15) is 0 Å². The quantitative estimate of drug-likeness (QED) is 0.609. The molecule has 1 aliphatic carbocycles. The van der Waals surface area contributed by atoms with E-state index in [1.54, 1.807) is 6.08 Å². The Bertz CT molecular complexity index is 347. The molecule has 1 aromatic rings. The molecule has 1 aromatic carbocycles. The second-order valence-electron chi connectivity index (χ2n) is 2.97. The molecule has 1 heteroatoms. The van der Waals surface area contributed by atoms with Gasteiger partial charge >= 0.3 is 0 Å². The Balaban J connectivity index is 2.37. The molecular weight excluding hydrogens is 163 g/mol. The van der Waals surface area contributed by atoms with E-state index in [1.165, 1.54) is 0 Å². The van der Waals surface area contributed by atoms with Crippen LogP contribution >= 0.6 is 0 Å². The largest absolute Gasteiger partial charge is 0.207 e. The Morgan fingerprint density at radius 1 is 1.08 bits per heavy atom. The lowest BCUT2D eigenvalue weighted by Crippen LogP contribution is -1.90. The molecule has 2 rings (SSSR count). The zero-order valence-corrected chi connectivity index (χ0v) is 7.20. The third kappa shape index (κ3) is 1.69. The summed E-state index contributed by atoms with van der Waals surface area (Å²) in [4.78, 5) is 0. The molecule has 0 N–H and O–H groups in total. The number of halogens is 1. The Kier molecular flexibility index (Phi) is 2.26. The molecule has 13 heavy (non-hydrogen) atoms. The number of hydrogen-bond acceptors (Lipinski definition) is 0. The molecule has 0 nitrogen and oxygen atoms in total.